The fourth-order valence-corrected chi connectivity index (χ4v) is 3.57. The fraction of sp³-hybridized carbons (Fsp3) is 0.318. The number of nitrogens with one attached hydrogen (secondary N) is 1. The first-order valence-corrected chi connectivity index (χ1v) is 10.1. The molecule has 8 heteroatoms. The van der Waals surface area contributed by atoms with E-state index in [1.165, 1.54) is 0 Å². The molecule has 0 atom stereocenters. The van der Waals surface area contributed by atoms with E-state index in [0.717, 1.165) is 16.8 Å². The van der Waals surface area contributed by atoms with Gasteiger partial charge in [-0.1, -0.05) is 35.3 Å². The molecule has 0 unspecified atom stereocenters. The summed E-state index contributed by atoms with van der Waals surface area (Å²) < 4.78 is 0. The number of benzene rings is 2. The van der Waals surface area contributed by atoms with E-state index in [0.29, 0.717) is 15.7 Å². The highest BCUT2D eigenvalue weighted by molar-refractivity contribution is 6.39. The summed E-state index contributed by atoms with van der Waals surface area (Å²) in [4.78, 5) is 28.5. The van der Waals surface area contributed by atoms with E-state index < -0.39 is 0 Å². The number of hydrogen-bond donors (Lipinski definition) is 1. The molecule has 30 heavy (non-hydrogen) atoms. The van der Waals surface area contributed by atoms with E-state index in [1.807, 2.05) is 32.0 Å². The Morgan fingerprint density at radius 1 is 1.07 bits per heavy atom. The number of hydrogen-bond acceptors (Lipinski definition) is 4. The van der Waals surface area contributed by atoms with Gasteiger partial charge < -0.3 is 10.2 Å². The van der Waals surface area contributed by atoms with Crippen LogP contribution in [0.4, 0.5) is 11.4 Å². The lowest BCUT2D eigenvalue weighted by molar-refractivity contribution is -0.121. The quantitative estimate of drug-likeness (QED) is 0.650. The summed E-state index contributed by atoms with van der Waals surface area (Å²) in [6.07, 6.45) is 0.216. The van der Waals surface area contributed by atoms with Crippen LogP contribution in [0, 0.1) is 25.2 Å². The van der Waals surface area contributed by atoms with Crippen molar-refractivity contribution >= 4 is 46.4 Å². The van der Waals surface area contributed by atoms with Crippen molar-refractivity contribution in [2.45, 2.75) is 20.3 Å². The van der Waals surface area contributed by atoms with Gasteiger partial charge in [-0.05, 0) is 56.3 Å². The van der Waals surface area contributed by atoms with E-state index in [9.17, 15) is 9.59 Å². The monoisotopic (exact) mass is 446 g/mol. The summed E-state index contributed by atoms with van der Waals surface area (Å²) in [6.45, 7) is 4.20. The lowest BCUT2D eigenvalue weighted by atomic mass is 10.1. The van der Waals surface area contributed by atoms with Crippen molar-refractivity contribution in [3.05, 3.63) is 57.6 Å². The van der Waals surface area contributed by atoms with Crippen LogP contribution in [0.25, 0.3) is 0 Å². The Morgan fingerprint density at radius 3 is 2.23 bits per heavy atom. The Bertz CT molecular complexity index is 932. The van der Waals surface area contributed by atoms with Gasteiger partial charge in [0.05, 0.1) is 41.3 Å². The van der Waals surface area contributed by atoms with Gasteiger partial charge in [-0.3, -0.25) is 14.5 Å². The van der Waals surface area contributed by atoms with Crippen molar-refractivity contribution in [2.75, 3.05) is 36.9 Å². The maximum Gasteiger partial charge on any atom is 0.241 e. The van der Waals surface area contributed by atoms with Gasteiger partial charge in [0, 0.05) is 12.2 Å². The first-order chi connectivity index (χ1) is 14.2. The van der Waals surface area contributed by atoms with Crippen molar-refractivity contribution in [3.63, 3.8) is 0 Å². The second-order valence-electron chi connectivity index (χ2n) is 7.12. The number of amides is 2. The third-order valence-electron chi connectivity index (χ3n) is 4.31. The van der Waals surface area contributed by atoms with Gasteiger partial charge in [-0.2, -0.15) is 5.26 Å². The summed E-state index contributed by atoms with van der Waals surface area (Å²) >= 11 is 12.2. The molecule has 0 radical (unpaired) electrons. The molecule has 2 aromatic rings. The third kappa shape index (κ3) is 6.74. The van der Waals surface area contributed by atoms with Gasteiger partial charge in [-0.15, -0.1) is 0 Å². The number of likely N-dealkylation sites (N-methyl/N-ethyl adjacent to an activating group) is 1. The van der Waals surface area contributed by atoms with Crippen molar-refractivity contribution in [1.82, 2.24) is 4.90 Å². The third-order valence-corrected chi connectivity index (χ3v) is 4.94. The van der Waals surface area contributed by atoms with Crippen LogP contribution in [-0.2, 0) is 9.59 Å². The normalized spacial score (nSPS) is 10.6. The van der Waals surface area contributed by atoms with Crippen molar-refractivity contribution in [3.8, 4) is 6.07 Å². The molecule has 2 aromatic carbocycles. The molecule has 0 saturated heterocycles. The lowest BCUT2D eigenvalue weighted by Crippen LogP contribution is -2.42. The zero-order chi connectivity index (χ0) is 22.3. The maximum atomic E-state index is 12.9. The average molecular weight is 447 g/mol. The van der Waals surface area contributed by atoms with Crippen molar-refractivity contribution < 1.29 is 9.59 Å². The highest BCUT2D eigenvalue weighted by atomic mass is 35.5. The first kappa shape index (κ1) is 23.7. The topological polar surface area (TPSA) is 76.4 Å². The SMILES string of the molecule is Cc1cc(C)cc(N(CCC#N)C(=O)CN(C)CC(=O)Nc2c(Cl)cccc2Cl)c1. The molecule has 0 aliphatic heterocycles. The second kappa shape index (κ2) is 11.0. The fourth-order valence-electron chi connectivity index (χ4n) is 3.08. The molecule has 1 N–H and O–H groups in total. The molecular weight excluding hydrogens is 423 g/mol. The molecule has 0 bridgehead atoms. The number of carbonyl (C=O) groups is 2. The van der Waals surface area contributed by atoms with E-state index in [2.05, 4.69) is 11.4 Å². The van der Waals surface area contributed by atoms with Gasteiger partial charge in [0.25, 0.3) is 0 Å². The smallest absolute Gasteiger partial charge is 0.241 e. The summed E-state index contributed by atoms with van der Waals surface area (Å²) in [5.74, 6) is -0.531. The highest BCUT2D eigenvalue weighted by Gasteiger charge is 2.19. The molecule has 0 aromatic heterocycles. The van der Waals surface area contributed by atoms with Gasteiger partial charge in [0.2, 0.25) is 11.8 Å². The van der Waals surface area contributed by atoms with Crippen molar-refractivity contribution in [2.24, 2.45) is 0 Å². The van der Waals surface area contributed by atoms with E-state index >= 15 is 0 Å². The van der Waals surface area contributed by atoms with Crippen LogP contribution in [0.5, 0.6) is 0 Å². The maximum absolute atomic E-state index is 12.9. The Kier molecular flexibility index (Phi) is 8.67. The highest BCUT2D eigenvalue weighted by Crippen LogP contribution is 2.29. The standard InChI is InChI=1S/C22H24Cl2N4O2/c1-15-10-16(2)12-17(11-15)28(9-5-8-25)21(30)14-27(3)13-20(29)26-22-18(23)6-4-7-19(22)24/h4,6-7,10-12H,5,9,13-14H2,1-3H3,(H,26,29). The Labute approximate surface area is 187 Å². The lowest BCUT2D eigenvalue weighted by Gasteiger charge is -2.25. The average Bonchev–Trinajstić information content (AvgIpc) is 2.64. The Balaban J connectivity index is 2.05. The van der Waals surface area contributed by atoms with Crippen LogP contribution in [0.15, 0.2) is 36.4 Å². The molecule has 0 aliphatic carbocycles. The largest absolute Gasteiger partial charge is 0.322 e. The van der Waals surface area contributed by atoms with Gasteiger partial charge in [-0.25, -0.2) is 0 Å². The molecule has 6 nitrogen and oxygen atoms in total. The second-order valence-corrected chi connectivity index (χ2v) is 7.93. The Morgan fingerprint density at radius 2 is 1.67 bits per heavy atom. The molecule has 158 valence electrons. The number of aryl methyl sites for hydroxylation is 2. The predicted octanol–water partition coefficient (Wildman–Crippen LogP) is 4.43. The number of carbonyl (C=O) groups excluding carboxylic acids is 2. The van der Waals surface area contributed by atoms with Crippen LogP contribution in [0.3, 0.4) is 0 Å². The molecule has 0 aliphatic rings. The summed E-state index contributed by atoms with van der Waals surface area (Å²) in [6, 6.07) is 12.9. The van der Waals surface area contributed by atoms with Crippen LogP contribution in [-0.4, -0.2) is 43.4 Å². The summed E-state index contributed by atoms with van der Waals surface area (Å²) in [7, 11) is 1.68. The van der Waals surface area contributed by atoms with Crippen LogP contribution in [0.2, 0.25) is 10.0 Å². The molecule has 2 rings (SSSR count). The molecular formula is C22H24Cl2N4O2. The van der Waals surface area contributed by atoms with E-state index in [-0.39, 0.29) is 37.9 Å². The zero-order valence-corrected chi connectivity index (χ0v) is 18.7. The zero-order valence-electron chi connectivity index (χ0n) is 17.2. The number of rotatable bonds is 8. The van der Waals surface area contributed by atoms with Gasteiger partial charge in [0.15, 0.2) is 0 Å². The molecule has 2 amide bonds. The van der Waals surface area contributed by atoms with Gasteiger partial charge in [0.1, 0.15) is 0 Å². The summed E-state index contributed by atoms with van der Waals surface area (Å²) in [5.41, 5.74) is 3.15. The number of nitriles is 1. The number of halogens is 2. The van der Waals surface area contributed by atoms with Crippen molar-refractivity contribution in [1.29, 1.82) is 5.26 Å². The molecule has 0 spiro atoms. The molecule has 0 heterocycles. The minimum atomic E-state index is -0.338. The van der Waals surface area contributed by atoms with E-state index in [1.54, 1.807) is 35.0 Å². The van der Waals surface area contributed by atoms with Crippen LogP contribution in [0.1, 0.15) is 17.5 Å². The minimum Gasteiger partial charge on any atom is -0.322 e. The predicted molar refractivity (Wildman–Crippen MR) is 121 cm³/mol. The van der Waals surface area contributed by atoms with Gasteiger partial charge >= 0.3 is 0 Å². The van der Waals surface area contributed by atoms with Crippen LogP contribution >= 0.6 is 23.2 Å². The van der Waals surface area contributed by atoms with E-state index in [4.69, 9.17) is 28.5 Å². The number of anilines is 2. The Hall–Kier alpha value is -2.59. The number of para-hydroxylation sites is 1. The minimum absolute atomic E-state index is 0.0160. The molecule has 0 saturated carbocycles. The number of nitrogens with zero attached hydrogens (tertiary/aromatic N) is 3. The first-order valence-electron chi connectivity index (χ1n) is 9.39. The van der Waals surface area contributed by atoms with Crippen LogP contribution < -0.4 is 10.2 Å². The molecule has 0 fully saturated rings. The summed E-state index contributed by atoms with van der Waals surface area (Å²) in [5, 5.41) is 12.3.